The van der Waals surface area contributed by atoms with Gasteiger partial charge in [-0.3, -0.25) is 4.79 Å². The number of ether oxygens (including phenoxy) is 1. The molecule has 1 N–H and O–H groups in total. The molecule has 25 heavy (non-hydrogen) atoms. The van der Waals surface area contributed by atoms with Crippen LogP contribution in [0.3, 0.4) is 0 Å². The molecule has 0 saturated heterocycles. The van der Waals surface area contributed by atoms with Crippen LogP contribution < -0.4 is 15.0 Å². The van der Waals surface area contributed by atoms with Gasteiger partial charge >= 0.3 is 0 Å². The summed E-state index contributed by atoms with van der Waals surface area (Å²) >= 11 is 0. The van der Waals surface area contributed by atoms with Gasteiger partial charge in [0.05, 0.1) is 7.11 Å². The van der Waals surface area contributed by atoms with Gasteiger partial charge in [-0.15, -0.1) is 0 Å². The van der Waals surface area contributed by atoms with Crippen LogP contribution in [0.5, 0.6) is 5.75 Å². The lowest BCUT2D eigenvalue weighted by atomic mass is 10.2. The topological polar surface area (TPSA) is 46.5 Å². The molecule has 0 aliphatic carbocycles. The van der Waals surface area contributed by atoms with E-state index < -0.39 is 0 Å². The number of methoxy groups -OCH3 is 1. The number of rotatable bonds is 5. The van der Waals surface area contributed by atoms with Crippen LogP contribution in [-0.2, 0) is 13.6 Å². The summed E-state index contributed by atoms with van der Waals surface area (Å²) in [6.07, 6.45) is 0. The minimum atomic E-state index is -0.0899. The van der Waals surface area contributed by atoms with E-state index in [0.29, 0.717) is 12.2 Å². The van der Waals surface area contributed by atoms with E-state index in [1.54, 1.807) is 7.11 Å². The standard InChI is InChI=1S/C20H23N3O2/c1-22(2)16-7-5-6-14(10-16)13-21-20(24)19-12-15-11-17(25-4)8-9-18(15)23(19)3/h5-12H,13H2,1-4H3,(H,21,24). The van der Waals surface area contributed by atoms with Crippen molar-refractivity contribution in [3.63, 3.8) is 0 Å². The average Bonchev–Trinajstić information content (AvgIpc) is 2.96. The van der Waals surface area contributed by atoms with Gasteiger partial charge in [0.2, 0.25) is 0 Å². The molecule has 3 rings (SSSR count). The zero-order valence-corrected chi connectivity index (χ0v) is 15.0. The molecule has 0 aliphatic heterocycles. The largest absolute Gasteiger partial charge is 0.497 e. The normalized spacial score (nSPS) is 10.7. The summed E-state index contributed by atoms with van der Waals surface area (Å²) < 4.78 is 7.16. The summed E-state index contributed by atoms with van der Waals surface area (Å²) in [6, 6.07) is 15.8. The van der Waals surface area contributed by atoms with Gasteiger partial charge in [-0.05, 0) is 42.0 Å². The predicted molar refractivity (Wildman–Crippen MR) is 101 cm³/mol. The molecule has 0 spiro atoms. The van der Waals surface area contributed by atoms with Crippen LogP contribution in [0.1, 0.15) is 16.1 Å². The van der Waals surface area contributed by atoms with Crippen LogP contribution in [-0.4, -0.2) is 31.7 Å². The van der Waals surface area contributed by atoms with Crippen LogP contribution in [0, 0.1) is 0 Å². The van der Waals surface area contributed by atoms with Crippen molar-refractivity contribution in [1.82, 2.24) is 9.88 Å². The molecule has 0 radical (unpaired) electrons. The molecule has 0 unspecified atom stereocenters. The number of carbonyl (C=O) groups is 1. The number of hydrogen-bond acceptors (Lipinski definition) is 3. The Morgan fingerprint density at radius 3 is 2.68 bits per heavy atom. The molecule has 2 aromatic carbocycles. The summed E-state index contributed by atoms with van der Waals surface area (Å²) in [4.78, 5) is 14.7. The highest BCUT2D eigenvalue weighted by atomic mass is 16.5. The van der Waals surface area contributed by atoms with Gasteiger partial charge in [-0.25, -0.2) is 0 Å². The maximum atomic E-state index is 12.6. The summed E-state index contributed by atoms with van der Waals surface area (Å²) in [7, 11) is 7.54. The van der Waals surface area contributed by atoms with Crippen molar-refractivity contribution in [2.45, 2.75) is 6.54 Å². The molecule has 130 valence electrons. The number of nitrogens with zero attached hydrogens (tertiary/aromatic N) is 2. The van der Waals surface area contributed by atoms with Gasteiger partial charge in [0.1, 0.15) is 11.4 Å². The van der Waals surface area contributed by atoms with Crippen molar-refractivity contribution in [2.24, 2.45) is 7.05 Å². The summed E-state index contributed by atoms with van der Waals surface area (Å²) in [5.74, 6) is 0.693. The van der Waals surface area contributed by atoms with Crippen LogP contribution in [0.25, 0.3) is 10.9 Å². The van der Waals surface area contributed by atoms with E-state index in [1.807, 2.05) is 73.1 Å². The molecule has 5 nitrogen and oxygen atoms in total. The lowest BCUT2D eigenvalue weighted by Gasteiger charge is -2.14. The first-order valence-corrected chi connectivity index (χ1v) is 8.17. The maximum absolute atomic E-state index is 12.6. The minimum Gasteiger partial charge on any atom is -0.497 e. The van der Waals surface area contributed by atoms with E-state index in [9.17, 15) is 4.79 Å². The molecular formula is C20H23N3O2. The fourth-order valence-corrected chi connectivity index (χ4v) is 2.89. The van der Waals surface area contributed by atoms with Gasteiger partial charge < -0.3 is 19.5 Å². The second-order valence-electron chi connectivity index (χ2n) is 6.26. The van der Waals surface area contributed by atoms with Crippen molar-refractivity contribution in [3.05, 3.63) is 59.8 Å². The maximum Gasteiger partial charge on any atom is 0.268 e. The lowest BCUT2D eigenvalue weighted by Crippen LogP contribution is -2.25. The highest BCUT2D eigenvalue weighted by Gasteiger charge is 2.13. The molecule has 3 aromatic rings. The summed E-state index contributed by atoms with van der Waals surface area (Å²) in [5.41, 5.74) is 3.82. The van der Waals surface area contributed by atoms with Crippen LogP contribution in [0.2, 0.25) is 0 Å². The Morgan fingerprint density at radius 1 is 1.16 bits per heavy atom. The van der Waals surface area contributed by atoms with Gasteiger partial charge in [0.25, 0.3) is 5.91 Å². The van der Waals surface area contributed by atoms with E-state index in [2.05, 4.69) is 11.4 Å². The summed E-state index contributed by atoms with van der Waals surface area (Å²) in [6.45, 7) is 0.491. The van der Waals surface area contributed by atoms with Crippen molar-refractivity contribution in [3.8, 4) is 5.75 Å². The molecule has 5 heteroatoms. The van der Waals surface area contributed by atoms with Crippen LogP contribution in [0.4, 0.5) is 5.69 Å². The lowest BCUT2D eigenvalue weighted by molar-refractivity contribution is 0.0943. The van der Waals surface area contributed by atoms with E-state index in [-0.39, 0.29) is 5.91 Å². The van der Waals surface area contributed by atoms with Gasteiger partial charge in [0, 0.05) is 44.3 Å². The van der Waals surface area contributed by atoms with Crippen molar-refractivity contribution < 1.29 is 9.53 Å². The van der Waals surface area contributed by atoms with Crippen molar-refractivity contribution in [2.75, 3.05) is 26.1 Å². The van der Waals surface area contributed by atoms with E-state index in [0.717, 1.165) is 27.9 Å². The molecule has 0 atom stereocenters. The number of hydrogen-bond donors (Lipinski definition) is 1. The Balaban J connectivity index is 1.78. The highest BCUT2D eigenvalue weighted by Crippen LogP contribution is 2.24. The number of aromatic nitrogens is 1. The number of anilines is 1. The molecule has 1 aromatic heterocycles. The predicted octanol–water partition coefficient (Wildman–Crippen LogP) is 3.18. The monoisotopic (exact) mass is 337 g/mol. The Hall–Kier alpha value is -2.95. The Morgan fingerprint density at radius 2 is 1.96 bits per heavy atom. The molecular weight excluding hydrogens is 314 g/mol. The number of nitrogens with one attached hydrogen (secondary N) is 1. The second-order valence-corrected chi connectivity index (χ2v) is 6.26. The third-order valence-electron chi connectivity index (χ3n) is 4.36. The molecule has 1 amide bonds. The van der Waals surface area contributed by atoms with Crippen molar-refractivity contribution in [1.29, 1.82) is 0 Å². The van der Waals surface area contributed by atoms with Gasteiger partial charge in [0.15, 0.2) is 0 Å². The SMILES string of the molecule is COc1ccc2c(c1)cc(C(=O)NCc1cccc(N(C)C)c1)n2C. The molecule has 0 saturated carbocycles. The summed E-state index contributed by atoms with van der Waals surface area (Å²) in [5, 5.41) is 3.99. The zero-order valence-electron chi connectivity index (χ0n) is 15.0. The zero-order chi connectivity index (χ0) is 18.0. The van der Waals surface area contributed by atoms with E-state index in [1.165, 1.54) is 0 Å². The Kier molecular flexibility index (Phi) is 4.65. The van der Waals surface area contributed by atoms with Gasteiger partial charge in [-0.2, -0.15) is 0 Å². The third kappa shape index (κ3) is 3.45. The molecule has 1 heterocycles. The number of amides is 1. The third-order valence-corrected chi connectivity index (χ3v) is 4.36. The van der Waals surface area contributed by atoms with Crippen LogP contribution in [0.15, 0.2) is 48.5 Å². The van der Waals surface area contributed by atoms with Crippen LogP contribution >= 0.6 is 0 Å². The fourth-order valence-electron chi connectivity index (χ4n) is 2.89. The quantitative estimate of drug-likeness (QED) is 0.778. The second kappa shape index (κ2) is 6.89. The first kappa shape index (κ1) is 16.9. The number of carbonyl (C=O) groups excluding carboxylic acids is 1. The molecule has 0 aliphatic rings. The van der Waals surface area contributed by atoms with E-state index >= 15 is 0 Å². The fraction of sp³-hybridized carbons (Fsp3) is 0.250. The average molecular weight is 337 g/mol. The van der Waals surface area contributed by atoms with E-state index in [4.69, 9.17) is 4.74 Å². The minimum absolute atomic E-state index is 0.0899. The number of aryl methyl sites for hydroxylation is 1. The Bertz CT molecular complexity index is 912. The van der Waals surface area contributed by atoms with Gasteiger partial charge in [-0.1, -0.05) is 12.1 Å². The molecule has 0 fully saturated rings. The first-order valence-electron chi connectivity index (χ1n) is 8.17. The highest BCUT2D eigenvalue weighted by molar-refractivity contribution is 5.99. The first-order chi connectivity index (χ1) is 12.0. The number of benzene rings is 2. The Labute approximate surface area is 147 Å². The number of fused-ring (bicyclic) bond motifs is 1. The smallest absolute Gasteiger partial charge is 0.268 e. The van der Waals surface area contributed by atoms with Crippen molar-refractivity contribution >= 4 is 22.5 Å². The molecule has 0 bridgehead atoms.